The molecule has 4 rings (SSSR count). The highest BCUT2D eigenvalue weighted by molar-refractivity contribution is 7.88. The average Bonchev–Trinajstić information content (AvgIpc) is 3.02. The van der Waals surface area contributed by atoms with Crippen LogP contribution in [0.1, 0.15) is 22.4 Å². The topological polar surface area (TPSA) is 109 Å². The number of aromatic nitrogens is 1. The second-order valence-electron chi connectivity index (χ2n) is 10.1. The number of methoxy groups -OCH3 is 1. The Labute approximate surface area is 253 Å². The van der Waals surface area contributed by atoms with Crippen LogP contribution < -0.4 is 10.1 Å². The van der Waals surface area contributed by atoms with Gasteiger partial charge in [-0.15, -0.1) is 0 Å². The molecule has 0 saturated carbocycles. The number of carbonyl (C=O) groups is 2. The number of hydrogen-bond donors (Lipinski definition) is 1. The van der Waals surface area contributed by atoms with Gasteiger partial charge >= 0.3 is 0 Å². The summed E-state index contributed by atoms with van der Waals surface area (Å²) in [5.41, 5.74) is 3.04. The van der Waals surface area contributed by atoms with E-state index in [-0.39, 0.29) is 32.0 Å². The van der Waals surface area contributed by atoms with E-state index in [2.05, 4.69) is 10.3 Å². The van der Waals surface area contributed by atoms with Crippen LogP contribution in [-0.2, 0) is 45.7 Å². The van der Waals surface area contributed by atoms with Crippen LogP contribution in [0.4, 0.5) is 0 Å². The van der Waals surface area contributed by atoms with E-state index >= 15 is 0 Å². The lowest BCUT2D eigenvalue weighted by atomic mass is 10.0. The van der Waals surface area contributed by atoms with E-state index in [9.17, 15) is 18.0 Å². The quantitative estimate of drug-likeness (QED) is 0.236. The monoisotopic (exact) mass is 600 g/mol. The Bertz CT molecular complexity index is 1570. The normalized spacial score (nSPS) is 12.0. The predicted octanol–water partition coefficient (Wildman–Crippen LogP) is 3.81. The third kappa shape index (κ3) is 9.49. The lowest BCUT2D eigenvalue weighted by Gasteiger charge is -2.33. The van der Waals surface area contributed by atoms with Crippen molar-refractivity contribution in [1.82, 2.24) is 19.5 Å². The van der Waals surface area contributed by atoms with E-state index in [0.29, 0.717) is 11.4 Å². The van der Waals surface area contributed by atoms with Gasteiger partial charge in [0.15, 0.2) is 0 Å². The number of carbonyl (C=O) groups excluding carboxylic acids is 2. The maximum atomic E-state index is 14.1. The van der Waals surface area contributed by atoms with Crippen LogP contribution in [-0.4, -0.2) is 60.4 Å². The number of nitrogens with one attached hydrogen (secondary N) is 1. The minimum Gasteiger partial charge on any atom is -0.497 e. The predicted molar refractivity (Wildman–Crippen MR) is 165 cm³/mol. The maximum absolute atomic E-state index is 14.1. The SMILES string of the molecule is COc1ccc(CN(C(=O)CN(Cc2ccccc2)S(C)(=O)=O)C(Cc2ccccc2)C(=O)NCc2ccccn2)cc1. The molecule has 4 aromatic rings. The molecule has 0 aliphatic carbocycles. The van der Waals surface area contributed by atoms with Crippen molar-refractivity contribution in [2.75, 3.05) is 19.9 Å². The molecule has 0 aliphatic rings. The summed E-state index contributed by atoms with van der Waals surface area (Å²) in [6.45, 7) is -0.140. The van der Waals surface area contributed by atoms with Crippen LogP contribution in [0.2, 0.25) is 0 Å². The van der Waals surface area contributed by atoms with Gasteiger partial charge in [-0.2, -0.15) is 4.31 Å². The molecule has 1 atom stereocenters. The number of benzene rings is 3. The molecule has 0 spiro atoms. The van der Waals surface area contributed by atoms with Gasteiger partial charge in [0.25, 0.3) is 0 Å². The van der Waals surface area contributed by atoms with Gasteiger partial charge in [0, 0.05) is 25.7 Å². The highest BCUT2D eigenvalue weighted by Crippen LogP contribution is 2.19. The summed E-state index contributed by atoms with van der Waals surface area (Å²) in [7, 11) is -2.20. The first-order valence-corrected chi connectivity index (χ1v) is 15.7. The Morgan fingerprint density at radius 1 is 0.814 bits per heavy atom. The van der Waals surface area contributed by atoms with Crippen molar-refractivity contribution in [1.29, 1.82) is 0 Å². The van der Waals surface area contributed by atoms with E-state index in [1.807, 2.05) is 66.7 Å². The van der Waals surface area contributed by atoms with Crippen LogP contribution in [0.15, 0.2) is 109 Å². The van der Waals surface area contributed by atoms with Crippen molar-refractivity contribution in [3.63, 3.8) is 0 Å². The van der Waals surface area contributed by atoms with Crippen molar-refractivity contribution >= 4 is 21.8 Å². The molecule has 0 fully saturated rings. The van der Waals surface area contributed by atoms with E-state index in [0.717, 1.165) is 27.3 Å². The average molecular weight is 601 g/mol. The largest absolute Gasteiger partial charge is 0.497 e. The molecule has 224 valence electrons. The van der Waals surface area contributed by atoms with Crippen molar-refractivity contribution in [3.8, 4) is 5.75 Å². The van der Waals surface area contributed by atoms with Gasteiger partial charge in [0.05, 0.1) is 32.1 Å². The number of ether oxygens (including phenoxy) is 1. The van der Waals surface area contributed by atoms with Crippen LogP contribution in [0, 0.1) is 0 Å². The lowest BCUT2D eigenvalue weighted by Crippen LogP contribution is -2.53. The molecule has 0 aliphatic heterocycles. The number of rotatable bonds is 14. The molecular formula is C33H36N4O5S. The first kappa shape index (κ1) is 31.4. The minimum absolute atomic E-state index is 0.0248. The molecule has 0 radical (unpaired) electrons. The molecule has 9 nitrogen and oxygen atoms in total. The summed E-state index contributed by atoms with van der Waals surface area (Å²) in [6, 6.07) is 30.2. The second-order valence-corrected chi connectivity index (χ2v) is 12.1. The molecule has 2 amide bonds. The van der Waals surface area contributed by atoms with E-state index < -0.39 is 28.5 Å². The van der Waals surface area contributed by atoms with Crippen molar-refractivity contribution in [2.45, 2.75) is 32.1 Å². The summed E-state index contributed by atoms with van der Waals surface area (Å²) in [6.07, 6.45) is 2.96. The first-order chi connectivity index (χ1) is 20.7. The van der Waals surface area contributed by atoms with Gasteiger partial charge in [-0.3, -0.25) is 14.6 Å². The van der Waals surface area contributed by atoms with Crippen LogP contribution in [0.5, 0.6) is 5.75 Å². The molecule has 1 aromatic heterocycles. The Morgan fingerprint density at radius 2 is 1.42 bits per heavy atom. The van der Waals surface area contributed by atoms with E-state index in [1.54, 1.807) is 49.7 Å². The van der Waals surface area contributed by atoms with Gasteiger partial charge in [-0.25, -0.2) is 8.42 Å². The summed E-state index contributed by atoms with van der Waals surface area (Å²) < 4.78 is 32.1. The van der Waals surface area contributed by atoms with Gasteiger partial charge in [0.2, 0.25) is 21.8 Å². The van der Waals surface area contributed by atoms with Crippen molar-refractivity contribution < 1.29 is 22.7 Å². The third-order valence-electron chi connectivity index (χ3n) is 6.94. The minimum atomic E-state index is -3.76. The zero-order valence-electron chi connectivity index (χ0n) is 24.3. The smallest absolute Gasteiger partial charge is 0.243 e. The molecule has 10 heteroatoms. The van der Waals surface area contributed by atoms with Gasteiger partial charge < -0.3 is 15.0 Å². The zero-order chi connectivity index (χ0) is 30.7. The summed E-state index contributed by atoms with van der Waals surface area (Å²) in [5, 5.41) is 2.93. The molecular weight excluding hydrogens is 564 g/mol. The van der Waals surface area contributed by atoms with Gasteiger partial charge in [0.1, 0.15) is 11.8 Å². The molecule has 1 heterocycles. The molecule has 43 heavy (non-hydrogen) atoms. The number of pyridine rings is 1. The summed E-state index contributed by atoms with van der Waals surface area (Å²) in [4.78, 5) is 33.7. The van der Waals surface area contributed by atoms with Gasteiger partial charge in [-0.1, -0.05) is 78.9 Å². The number of hydrogen-bond acceptors (Lipinski definition) is 6. The Kier molecular flexibility index (Phi) is 11.0. The second kappa shape index (κ2) is 15.1. The van der Waals surface area contributed by atoms with E-state index in [4.69, 9.17) is 4.74 Å². The number of nitrogens with zero attached hydrogens (tertiary/aromatic N) is 3. The molecule has 1 unspecified atom stereocenters. The number of amides is 2. The van der Waals surface area contributed by atoms with Crippen LogP contribution >= 0.6 is 0 Å². The maximum Gasteiger partial charge on any atom is 0.243 e. The fraction of sp³-hybridized carbons (Fsp3) is 0.242. The third-order valence-corrected chi connectivity index (χ3v) is 8.13. The molecule has 3 aromatic carbocycles. The first-order valence-electron chi connectivity index (χ1n) is 13.9. The standard InChI is InChI=1S/C33H36N4O5S/c1-42-30-18-16-28(17-19-30)24-37(32(38)25-36(43(2,40)41)23-27-13-7-4-8-14-27)31(21-26-11-5-3-6-12-26)33(39)35-22-29-15-9-10-20-34-29/h3-20,31H,21-25H2,1-2H3,(H,35,39). The Balaban J connectivity index is 1.68. The molecule has 1 N–H and O–H groups in total. The molecule has 0 saturated heterocycles. The fourth-order valence-corrected chi connectivity index (χ4v) is 5.33. The van der Waals surface area contributed by atoms with Crippen LogP contribution in [0.25, 0.3) is 0 Å². The zero-order valence-corrected chi connectivity index (χ0v) is 25.1. The highest BCUT2D eigenvalue weighted by atomic mass is 32.2. The number of sulfonamides is 1. The summed E-state index contributed by atoms with van der Waals surface area (Å²) >= 11 is 0. The lowest BCUT2D eigenvalue weighted by molar-refractivity contribution is -0.141. The van der Waals surface area contributed by atoms with Crippen molar-refractivity contribution in [2.24, 2.45) is 0 Å². The van der Waals surface area contributed by atoms with Crippen LogP contribution in [0.3, 0.4) is 0 Å². The summed E-state index contributed by atoms with van der Waals surface area (Å²) in [5.74, 6) is -0.210. The highest BCUT2D eigenvalue weighted by Gasteiger charge is 2.33. The molecule has 0 bridgehead atoms. The van der Waals surface area contributed by atoms with Crippen molar-refractivity contribution in [3.05, 3.63) is 132 Å². The Morgan fingerprint density at radius 3 is 2.00 bits per heavy atom. The van der Waals surface area contributed by atoms with E-state index in [1.165, 1.54) is 4.90 Å². The van der Waals surface area contributed by atoms with Gasteiger partial charge in [-0.05, 0) is 41.0 Å². The fourth-order valence-electron chi connectivity index (χ4n) is 4.60. The Hall–Kier alpha value is -4.54.